The lowest BCUT2D eigenvalue weighted by molar-refractivity contribution is -0.153. The van der Waals surface area contributed by atoms with E-state index in [1.165, 1.54) is 6.08 Å². The molecule has 3 aliphatic rings. The van der Waals surface area contributed by atoms with Gasteiger partial charge < -0.3 is 14.2 Å². The van der Waals surface area contributed by atoms with Crippen LogP contribution in [0, 0.1) is 11.8 Å². The maximum Gasteiger partial charge on any atom is 0.334 e. The molecule has 3 rings (SSSR count). The summed E-state index contributed by atoms with van der Waals surface area (Å²) in [5, 5.41) is 0. The lowest BCUT2D eigenvalue weighted by Gasteiger charge is -2.31. The lowest BCUT2D eigenvalue weighted by atomic mass is 9.80. The number of ketones is 1. The smallest absolute Gasteiger partial charge is 0.334 e. The van der Waals surface area contributed by atoms with E-state index in [2.05, 4.69) is 13.2 Å². The molecule has 0 radical (unpaired) electrons. The molecule has 3 heterocycles. The average molecular weight is 346 g/mol. The molecule has 0 aromatic rings. The molecule has 2 saturated heterocycles. The molecular weight excluding hydrogens is 324 g/mol. The molecule has 0 N–H and O–H groups in total. The molecule has 25 heavy (non-hydrogen) atoms. The number of fused-ring (bicyclic) bond motifs is 3. The highest BCUT2D eigenvalue weighted by atomic mass is 16.6. The monoisotopic (exact) mass is 346 g/mol. The summed E-state index contributed by atoms with van der Waals surface area (Å²) in [7, 11) is 0. The topological polar surface area (TPSA) is 78.9 Å². The van der Waals surface area contributed by atoms with Crippen molar-refractivity contribution in [3.63, 3.8) is 0 Å². The highest BCUT2D eigenvalue weighted by Crippen LogP contribution is 2.44. The first kappa shape index (κ1) is 17.5. The number of allylic oxidation sites excluding steroid dienone is 1. The molecule has 6 nitrogen and oxygen atoms in total. The van der Waals surface area contributed by atoms with Crippen molar-refractivity contribution in [1.29, 1.82) is 0 Å². The summed E-state index contributed by atoms with van der Waals surface area (Å²) >= 11 is 0. The van der Waals surface area contributed by atoms with Gasteiger partial charge in [0.15, 0.2) is 5.60 Å². The van der Waals surface area contributed by atoms with Crippen LogP contribution in [0.5, 0.6) is 0 Å². The average Bonchev–Trinajstić information content (AvgIpc) is 2.96. The van der Waals surface area contributed by atoms with E-state index in [4.69, 9.17) is 14.2 Å². The van der Waals surface area contributed by atoms with Crippen LogP contribution in [-0.2, 0) is 28.6 Å². The summed E-state index contributed by atoms with van der Waals surface area (Å²) in [4.78, 5) is 36.6. The highest BCUT2D eigenvalue weighted by Gasteiger charge is 2.53. The number of hydrogen-bond acceptors (Lipinski definition) is 6. The maximum atomic E-state index is 12.5. The number of ether oxygens (including phenoxy) is 3. The summed E-state index contributed by atoms with van der Waals surface area (Å²) in [6, 6.07) is 0. The Kier molecular flexibility index (Phi) is 4.09. The van der Waals surface area contributed by atoms with Gasteiger partial charge in [0, 0.05) is 29.6 Å². The molecular formula is C19H22O6. The molecule has 0 spiro atoms. The quantitative estimate of drug-likeness (QED) is 0.564. The van der Waals surface area contributed by atoms with E-state index in [0.717, 1.165) is 0 Å². The zero-order valence-electron chi connectivity index (χ0n) is 14.7. The summed E-state index contributed by atoms with van der Waals surface area (Å²) < 4.78 is 17.0. The van der Waals surface area contributed by atoms with Crippen LogP contribution < -0.4 is 0 Å². The number of hydrogen-bond donors (Lipinski definition) is 0. The van der Waals surface area contributed by atoms with E-state index < -0.39 is 35.7 Å². The van der Waals surface area contributed by atoms with Crippen LogP contribution in [0.1, 0.15) is 33.6 Å². The molecule has 0 aromatic heterocycles. The predicted octanol–water partition coefficient (Wildman–Crippen LogP) is 2.24. The van der Waals surface area contributed by atoms with E-state index in [9.17, 15) is 14.4 Å². The van der Waals surface area contributed by atoms with Gasteiger partial charge in [-0.1, -0.05) is 20.1 Å². The van der Waals surface area contributed by atoms with Crippen LogP contribution in [0.4, 0.5) is 0 Å². The second-order valence-corrected chi connectivity index (χ2v) is 7.30. The lowest BCUT2D eigenvalue weighted by Crippen LogP contribution is -2.43. The van der Waals surface area contributed by atoms with Crippen molar-refractivity contribution < 1.29 is 28.6 Å². The molecule has 134 valence electrons. The number of esters is 2. The Bertz CT molecular complexity index is 717. The van der Waals surface area contributed by atoms with E-state index >= 15 is 0 Å². The zero-order chi connectivity index (χ0) is 18.5. The largest absolute Gasteiger partial charge is 0.483 e. The number of carbonyl (C=O) groups excluding carboxylic acids is 3. The molecule has 2 bridgehead atoms. The van der Waals surface area contributed by atoms with Crippen LogP contribution in [-0.4, -0.2) is 35.5 Å². The van der Waals surface area contributed by atoms with Crippen molar-refractivity contribution in [2.45, 2.75) is 51.4 Å². The Hall–Kier alpha value is -2.37. The second-order valence-electron chi connectivity index (χ2n) is 7.30. The van der Waals surface area contributed by atoms with Crippen LogP contribution in [0.15, 0.2) is 36.1 Å². The maximum absolute atomic E-state index is 12.5. The standard InChI is InChI=1S/C19H22O6/c1-9(2)17(21)24-14-8-19(5)15(20)7-12(25-19)10(3)6-13-16(14)11(4)18(22)23-13/h7,10,13-14,16H,1,4,6,8H2,2-3,5H3/t10-,13-,14+,16+,19-/m1/s1. The van der Waals surface area contributed by atoms with Gasteiger partial charge in [-0.2, -0.15) is 0 Å². The first-order valence-electron chi connectivity index (χ1n) is 8.33. The molecule has 0 saturated carbocycles. The Morgan fingerprint density at radius 1 is 1.40 bits per heavy atom. The third-order valence-electron chi connectivity index (χ3n) is 5.13. The van der Waals surface area contributed by atoms with Crippen LogP contribution in [0.25, 0.3) is 0 Å². The molecule has 3 aliphatic heterocycles. The van der Waals surface area contributed by atoms with Gasteiger partial charge in [0.1, 0.15) is 18.0 Å². The Morgan fingerprint density at radius 3 is 2.72 bits per heavy atom. The number of rotatable bonds is 2. The molecule has 0 amide bonds. The minimum atomic E-state index is -1.13. The summed E-state index contributed by atoms with van der Waals surface area (Å²) in [6.45, 7) is 12.5. The highest BCUT2D eigenvalue weighted by molar-refractivity contribution is 5.99. The van der Waals surface area contributed by atoms with Crippen molar-refractivity contribution in [2.75, 3.05) is 0 Å². The second kappa shape index (κ2) is 5.86. The summed E-state index contributed by atoms with van der Waals surface area (Å²) in [5.41, 5.74) is -0.632. The third kappa shape index (κ3) is 2.90. The van der Waals surface area contributed by atoms with Crippen molar-refractivity contribution in [2.24, 2.45) is 11.8 Å². The fraction of sp³-hybridized carbons (Fsp3) is 0.526. The van der Waals surface area contributed by atoms with Gasteiger partial charge in [-0.05, 0) is 20.3 Å². The Labute approximate surface area is 146 Å². The number of carbonyl (C=O) groups is 3. The molecule has 0 unspecified atom stereocenters. The van der Waals surface area contributed by atoms with Crippen molar-refractivity contribution in [3.8, 4) is 0 Å². The fourth-order valence-electron chi connectivity index (χ4n) is 3.64. The first-order valence-corrected chi connectivity index (χ1v) is 8.33. The van der Waals surface area contributed by atoms with Gasteiger partial charge >= 0.3 is 11.9 Å². The molecule has 6 heteroatoms. The minimum Gasteiger partial charge on any atom is -0.483 e. The van der Waals surface area contributed by atoms with Crippen LogP contribution >= 0.6 is 0 Å². The van der Waals surface area contributed by atoms with Crippen molar-refractivity contribution in [3.05, 3.63) is 36.1 Å². The summed E-state index contributed by atoms with van der Waals surface area (Å²) in [5.74, 6) is -1.27. The first-order chi connectivity index (χ1) is 11.6. The van der Waals surface area contributed by atoms with Crippen molar-refractivity contribution in [1.82, 2.24) is 0 Å². The van der Waals surface area contributed by atoms with Gasteiger partial charge in [0.05, 0.1) is 5.92 Å². The third-order valence-corrected chi connectivity index (χ3v) is 5.13. The molecule has 5 atom stereocenters. The van der Waals surface area contributed by atoms with Gasteiger partial charge in [-0.25, -0.2) is 9.59 Å². The van der Waals surface area contributed by atoms with Crippen molar-refractivity contribution >= 4 is 17.7 Å². The van der Waals surface area contributed by atoms with Gasteiger partial charge in [-0.15, -0.1) is 0 Å². The van der Waals surface area contributed by atoms with Gasteiger partial charge in [0.25, 0.3) is 0 Å². The van der Waals surface area contributed by atoms with E-state index in [1.807, 2.05) is 6.92 Å². The van der Waals surface area contributed by atoms with Crippen LogP contribution in [0.2, 0.25) is 0 Å². The fourth-order valence-corrected chi connectivity index (χ4v) is 3.64. The normalized spacial score (nSPS) is 37.1. The van der Waals surface area contributed by atoms with Crippen LogP contribution in [0.3, 0.4) is 0 Å². The Morgan fingerprint density at radius 2 is 2.08 bits per heavy atom. The molecule has 0 aromatic carbocycles. The van der Waals surface area contributed by atoms with E-state index in [0.29, 0.717) is 12.2 Å². The molecule has 2 fully saturated rings. The SMILES string of the molecule is C=C(C)C(=O)O[C@H]1C[C@@]2(C)OC(=CC2=O)[C@H](C)C[C@H]2OC(=O)C(=C)[C@H]12. The van der Waals surface area contributed by atoms with Gasteiger partial charge in [-0.3, -0.25) is 4.79 Å². The predicted molar refractivity (Wildman–Crippen MR) is 88.2 cm³/mol. The van der Waals surface area contributed by atoms with Gasteiger partial charge in [0.2, 0.25) is 5.78 Å². The molecule has 0 aliphatic carbocycles. The summed E-state index contributed by atoms with van der Waals surface area (Å²) in [6.07, 6.45) is 0.842. The Balaban J connectivity index is 2.01. The van der Waals surface area contributed by atoms with E-state index in [-0.39, 0.29) is 29.3 Å². The minimum absolute atomic E-state index is 0.104. The zero-order valence-corrected chi connectivity index (χ0v) is 14.7. The van der Waals surface area contributed by atoms with E-state index in [1.54, 1.807) is 13.8 Å².